The Balaban J connectivity index is 2.47. The number of nitrogens with zero attached hydrogens (tertiary/aromatic N) is 1. The lowest BCUT2D eigenvalue weighted by atomic mass is 9.80. The van der Waals surface area contributed by atoms with Gasteiger partial charge in [0.1, 0.15) is 6.54 Å². The molecule has 21 heavy (non-hydrogen) atoms. The van der Waals surface area contributed by atoms with Crippen LogP contribution in [0.2, 0.25) is 0 Å². The Morgan fingerprint density at radius 2 is 2.00 bits per heavy atom. The van der Waals surface area contributed by atoms with Gasteiger partial charge >= 0.3 is 0 Å². The van der Waals surface area contributed by atoms with Crippen LogP contribution in [0.3, 0.4) is 0 Å². The van der Waals surface area contributed by atoms with Crippen LogP contribution in [-0.2, 0) is 5.41 Å². The molecule has 1 aliphatic rings. The molecule has 0 aliphatic carbocycles. The van der Waals surface area contributed by atoms with E-state index in [0.29, 0.717) is 0 Å². The predicted octanol–water partition coefficient (Wildman–Crippen LogP) is 5.30. The Labute approximate surface area is 129 Å². The third-order valence-corrected chi connectivity index (χ3v) is 4.41. The molecule has 0 fully saturated rings. The van der Waals surface area contributed by atoms with Crippen molar-refractivity contribution in [1.82, 2.24) is 0 Å². The van der Waals surface area contributed by atoms with E-state index in [2.05, 4.69) is 76.1 Å². The van der Waals surface area contributed by atoms with Gasteiger partial charge in [-0.2, -0.15) is 4.58 Å². The maximum absolute atomic E-state index is 4.15. The molecule has 1 aromatic carbocycles. The average molecular weight is 282 g/mol. The highest BCUT2D eigenvalue weighted by Gasteiger charge is 2.43. The van der Waals surface area contributed by atoms with Crippen LogP contribution in [0.5, 0.6) is 0 Å². The summed E-state index contributed by atoms with van der Waals surface area (Å²) in [5, 5.41) is 0. The maximum atomic E-state index is 4.15. The Kier molecular flexibility index (Phi) is 4.51. The summed E-state index contributed by atoms with van der Waals surface area (Å²) in [7, 11) is 0. The maximum Gasteiger partial charge on any atom is 0.209 e. The van der Waals surface area contributed by atoms with Gasteiger partial charge in [0, 0.05) is 17.7 Å². The van der Waals surface area contributed by atoms with E-state index in [1.54, 1.807) is 0 Å². The SMILES string of the molecule is C=C(/C=C/C1=[N+](CC)c2ccc(C)cc2C1(C)C)CCC. The second-order valence-electron chi connectivity index (χ2n) is 6.52. The Hall–Kier alpha value is -1.63. The fraction of sp³-hybridized carbons (Fsp3) is 0.450. The van der Waals surface area contributed by atoms with Crippen LogP contribution in [0.1, 0.15) is 51.7 Å². The molecule has 0 atom stereocenters. The number of rotatable bonds is 5. The molecule has 1 aromatic rings. The molecule has 1 heteroatoms. The van der Waals surface area contributed by atoms with E-state index in [1.807, 2.05) is 0 Å². The molecule has 0 amide bonds. The van der Waals surface area contributed by atoms with E-state index in [9.17, 15) is 0 Å². The summed E-state index contributed by atoms with van der Waals surface area (Å²) in [4.78, 5) is 0. The van der Waals surface area contributed by atoms with E-state index in [4.69, 9.17) is 0 Å². The summed E-state index contributed by atoms with van der Waals surface area (Å²) < 4.78 is 2.44. The molecule has 1 nitrogen and oxygen atoms in total. The summed E-state index contributed by atoms with van der Waals surface area (Å²) in [5.41, 5.74) is 6.77. The third kappa shape index (κ3) is 2.88. The molecule has 0 saturated carbocycles. The van der Waals surface area contributed by atoms with Crippen molar-refractivity contribution in [1.29, 1.82) is 0 Å². The molecule has 0 aromatic heterocycles. The zero-order valence-electron chi connectivity index (χ0n) is 14.2. The van der Waals surface area contributed by atoms with Crippen LogP contribution < -0.4 is 0 Å². The van der Waals surface area contributed by atoms with Crippen LogP contribution in [0.15, 0.2) is 42.5 Å². The highest BCUT2D eigenvalue weighted by molar-refractivity contribution is 6.03. The van der Waals surface area contributed by atoms with Gasteiger partial charge in [0.2, 0.25) is 5.69 Å². The summed E-state index contributed by atoms with van der Waals surface area (Å²) in [6.07, 6.45) is 6.69. The molecule has 0 radical (unpaired) electrons. The van der Waals surface area contributed by atoms with Crippen molar-refractivity contribution in [2.75, 3.05) is 6.54 Å². The van der Waals surface area contributed by atoms with Crippen LogP contribution in [0, 0.1) is 6.92 Å². The second-order valence-corrected chi connectivity index (χ2v) is 6.52. The monoisotopic (exact) mass is 282 g/mol. The third-order valence-electron chi connectivity index (χ3n) is 4.41. The number of allylic oxidation sites excluding steroid dienone is 3. The van der Waals surface area contributed by atoms with Crippen molar-refractivity contribution in [2.45, 2.75) is 52.9 Å². The van der Waals surface area contributed by atoms with E-state index < -0.39 is 0 Å². The number of benzene rings is 1. The lowest BCUT2D eigenvalue weighted by Crippen LogP contribution is -2.27. The predicted molar refractivity (Wildman–Crippen MR) is 92.9 cm³/mol. The highest BCUT2D eigenvalue weighted by atomic mass is 15.0. The quantitative estimate of drug-likeness (QED) is 0.509. The van der Waals surface area contributed by atoms with Crippen LogP contribution >= 0.6 is 0 Å². The van der Waals surface area contributed by atoms with Crippen molar-refractivity contribution in [3.63, 3.8) is 0 Å². The molecule has 0 N–H and O–H groups in total. The minimum atomic E-state index is 0.0559. The molecular weight excluding hydrogens is 254 g/mol. The van der Waals surface area contributed by atoms with Gasteiger partial charge in [-0.3, -0.25) is 0 Å². The first kappa shape index (κ1) is 15.8. The summed E-state index contributed by atoms with van der Waals surface area (Å²) in [5.74, 6) is 0. The van der Waals surface area contributed by atoms with E-state index in [0.717, 1.165) is 19.4 Å². The molecule has 0 bridgehead atoms. The normalized spacial score (nSPS) is 16.6. The fourth-order valence-electron chi connectivity index (χ4n) is 3.23. The Morgan fingerprint density at radius 1 is 1.29 bits per heavy atom. The molecule has 1 heterocycles. The molecule has 0 unspecified atom stereocenters. The van der Waals surface area contributed by atoms with Crippen LogP contribution in [-0.4, -0.2) is 16.8 Å². The Bertz CT molecular complexity index is 615. The van der Waals surface area contributed by atoms with Crippen LogP contribution in [0.4, 0.5) is 5.69 Å². The minimum Gasteiger partial charge on any atom is -0.195 e. The van der Waals surface area contributed by atoms with Crippen molar-refractivity contribution in [2.24, 2.45) is 0 Å². The Morgan fingerprint density at radius 3 is 2.62 bits per heavy atom. The number of hydrogen-bond donors (Lipinski definition) is 0. The zero-order chi connectivity index (χ0) is 15.6. The first-order valence-corrected chi connectivity index (χ1v) is 8.03. The van der Waals surface area contributed by atoms with Crippen molar-refractivity contribution in [3.05, 3.63) is 53.6 Å². The number of hydrogen-bond acceptors (Lipinski definition) is 0. The van der Waals surface area contributed by atoms with Gasteiger partial charge in [-0.1, -0.05) is 43.2 Å². The molecular formula is C20H28N+. The van der Waals surface area contributed by atoms with Gasteiger partial charge in [0.25, 0.3) is 0 Å². The fourth-order valence-corrected chi connectivity index (χ4v) is 3.23. The highest BCUT2D eigenvalue weighted by Crippen LogP contribution is 2.40. The van der Waals surface area contributed by atoms with Gasteiger partial charge in [-0.15, -0.1) is 0 Å². The van der Waals surface area contributed by atoms with Gasteiger partial charge in [0.15, 0.2) is 5.71 Å². The smallest absolute Gasteiger partial charge is 0.195 e. The van der Waals surface area contributed by atoms with Crippen LogP contribution in [0.25, 0.3) is 0 Å². The summed E-state index contributed by atoms with van der Waals surface area (Å²) in [6.45, 7) is 16.4. The van der Waals surface area contributed by atoms with Gasteiger partial charge in [-0.25, -0.2) is 0 Å². The van der Waals surface area contributed by atoms with Crippen molar-refractivity contribution < 1.29 is 4.58 Å². The van der Waals surface area contributed by atoms with Gasteiger partial charge in [-0.05, 0) is 40.2 Å². The second kappa shape index (κ2) is 6.01. The standard InChI is InChI=1S/C20H28N/c1-7-9-15(3)11-13-19-20(5,6)17-14-16(4)10-12-18(17)21(19)8-2/h10-14H,3,7-9H2,1-2,4-6H3/q+1/b13-11+. The number of aryl methyl sites for hydroxylation is 1. The summed E-state index contributed by atoms with van der Waals surface area (Å²) >= 11 is 0. The van der Waals surface area contributed by atoms with Gasteiger partial charge < -0.3 is 0 Å². The lowest BCUT2D eigenvalue weighted by Gasteiger charge is -2.16. The molecule has 1 aliphatic heterocycles. The topological polar surface area (TPSA) is 3.01 Å². The minimum absolute atomic E-state index is 0.0559. The first-order valence-electron chi connectivity index (χ1n) is 8.03. The van der Waals surface area contributed by atoms with Gasteiger partial charge in [0.05, 0.1) is 5.41 Å². The number of fused-ring (bicyclic) bond motifs is 1. The van der Waals surface area contributed by atoms with Crippen molar-refractivity contribution >= 4 is 11.4 Å². The zero-order valence-corrected chi connectivity index (χ0v) is 14.2. The van der Waals surface area contributed by atoms with Crippen molar-refractivity contribution in [3.8, 4) is 0 Å². The van der Waals surface area contributed by atoms with E-state index in [-0.39, 0.29) is 5.41 Å². The van der Waals surface area contributed by atoms with E-state index >= 15 is 0 Å². The summed E-state index contributed by atoms with van der Waals surface area (Å²) in [6, 6.07) is 6.80. The molecule has 0 saturated heterocycles. The molecule has 2 rings (SSSR count). The first-order chi connectivity index (χ1) is 9.91. The lowest BCUT2D eigenvalue weighted by molar-refractivity contribution is -0.433. The largest absolute Gasteiger partial charge is 0.209 e. The van der Waals surface area contributed by atoms with E-state index in [1.165, 1.54) is 28.1 Å². The molecule has 112 valence electrons. The average Bonchev–Trinajstić information content (AvgIpc) is 2.64. The molecule has 0 spiro atoms.